The van der Waals surface area contributed by atoms with E-state index in [1.807, 2.05) is 0 Å². The third-order valence-electron chi connectivity index (χ3n) is 2.76. The molecule has 6 nitrogen and oxygen atoms in total. The van der Waals surface area contributed by atoms with Crippen LogP contribution in [0.5, 0.6) is 0 Å². The lowest BCUT2D eigenvalue weighted by atomic mass is 10.2. The molecular formula is C12H13N3O3. The number of carbonyl (C=O) groups excluding carboxylic acids is 1. The lowest BCUT2D eigenvalue weighted by Gasteiger charge is -2.08. The number of benzene rings is 1. The molecule has 0 aliphatic heterocycles. The number of hydrogen-bond donors (Lipinski definition) is 3. The van der Waals surface area contributed by atoms with Crippen molar-refractivity contribution in [2.75, 3.05) is 0 Å². The fourth-order valence-electron chi connectivity index (χ4n) is 1.88. The van der Waals surface area contributed by atoms with E-state index in [0.29, 0.717) is 10.9 Å². The zero-order valence-corrected chi connectivity index (χ0v) is 9.54. The molecule has 5 N–H and O–H groups in total. The molecule has 1 aromatic heterocycles. The molecule has 1 aromatic carbocycles. The van der Waals surface area contributed by atoms with Crippen LogP contribution < -0.4 is 11.5 Å². The van der Waals surface area contributed by atoms with Crippen molar-refractivity contribution in [1.82, 2.24) is 4.57 Å². The van der Waals surface area contributed by atoms with Gasteiger partial charge in [-0.1, -0.05) is 18.2 Å². The summed E-state index contributed by atoms with van der Waals surface area (Å²) in [5.74, 6) is -1.64. The van der Waals surface area contributed by atoms with E-state index in [-0.39, 0.29) is 6.54 Å². The monoisotopic (exact) mass is 247 g/mol. The summed E-state index contributed by atoms with van der Waals surface area (Å²) in [5.41, 5.74) is 11.9. The van der Waals surface area contributed by atoms with Gasteiger partial charge in [-0.05, 0) is 6.07 Å². The van der Waals surface area contributed by atoms with Gasteiger partial charge in [-0.3, -0.25) is 9.59 Å². The largest absolute Gasteiger partial charge is 0.480 e. The number of amides is 1. The highest BCUT2D eigenvalue weighted by molar-refractivity contribution is 6.06. The minimum atomic E-state index is -1.09. The molecule has 94 valence electrons. The summed E-state index contributed by atoms with van der Waals surface area (Å²) in [5, 5.41) is 9.50. The van der Waals surface area contributed by atoms with Gasteiger partial charge < -0.3 is 21.1 Å². The molecule has 0 bridgehead atoms. The molecular weight excluding hydrogens is 234 g/mol. The topological polar surface area (TPSA) is 111 Å². The Kier molecular flexibility index (Phi) is 3.03. The molecule has 1 unspecified atom stereocenters. The summed E-state index contributed by atoms with van der Waals surface area (Å²) < 4.78 is 1.63. The quantitative estimate of drug-likeness (QED) is 0.714. The number of carboxylic acid groups (broad SMARTS) is 1. The van der Waals surface area contributed by atoms with Crippen molar-refractivity contribution in [2.45, 2.75) is 12.6 Å². The second kappa shape index (κ2) is 4.50. The van der Waals surface area contributed by atoms with Crippen molar-refractivity contribution in [1.29, 1.82) is 0 Å². The number of nitrogens with zero attached hydrogens (tertiary/aromatic N) is 1. The van der Waals surface area contributed by atoms with Crippen molar-refractivity contribution < 1.29 is 14.7 Å². The fraction of sp³-hybridized carbons (Fsp3) is 0.167. The Hall–Kier alpha value is -2.34. The first-order valence-electron chi connectivity index (χ1n) is 5.36. The van der Waals surface area contributed by atoms with Crippen molar-refractivity contribution in [3.63, 3.8) is 0 Å². The number of fused-ring (bicyclic) bond motifs is 1. The minimum absolute atomic E-state index is 0.0864. The van der Waals surface area contributed by atoms with Crippen LogP contribution in [0.4, 0.5) is 0 Å². The molecule has 2 rings (SSSR count). The van der Waals surface area contributed by atoms with Gasteiger partial charge in [0.15, 0.2) is 0 Å². The van der Waals surface area contributed by atoms with E-state index in [9.17, 15) is 9.59 Å². The van der Waals surface area contributed by atoms with Gasteiger partial charge in [0.05, 0.1) is 5.56 Å². The third-order valence-corrected chi connectivity index (χ3v) is 2.76. The number of carboxylic acids is 1. The predicted octanol–water partition coefficient (Wildman–Crippen LogP) is 0.152. The molecule has 6 heteroatoms. The van der Waals surface area contributed by atoms with Crippen LogP contribution in [0.3, 0.4) is 0 Å². The smallest absolute Gasteiger partial charge is 0.322 e. The number of primary amides is 1. The fourth-order valence-corrected chi connectivity index (χ4v) is 1.88. The molecule has 0 radical (unpaired) electrons. The van der Waals surface area contributed by atoms with E-state index in [0.717, 1.165) is 5.52 Å². The van der Waals surface area contributed by atoms with Gasteiger partial charge in [-0.2, -0.15) is 0 Å². The average Bonchev–Trinajstić information content (AvgIpc) is 2.68. The minimum Gasteiger partial charge on any atom is -0.480 e. The zero-order valence-electron chi connectivity index (χ0n) is 9.54. The standard InChI is InChI=1S/C12H13N3O3/c13-9(12(17)18)6-15-5-8(11(14)16)7-3-1-2-4-10(7)15/h1-5,9H,6,13H2,(H2,14,16)(H,17,18). The van der Waals surface area contributed by atoms with E-state index in [1.54, 1.807) is 28.8 Å². The van der Waals surface area contributed by atoms with Gasteiger partial charge in [-0.25, -0.2) is 0 Å². The van der Waals surface area contributed by atoms with Gasteiger partial charge in [0, 0.05) is 23.6 Å². The zero-order chi connectivity index (χ0) is 13.3. The highest BCUT2D eigenvalue weighted by Gasteiger charge is 2.16. The Labute approximate surface area is 103 Å². The molecule has 0 saturated heterocycles. The molecule has 1 atom stereocenters. The van der Waals surface area contributed by atoms with E-state index >= 15 is 0 Å². The van der Waals surface area contributed by atoms with Crippen LogP contribution in [-0.2, 0) is 11.3 Å². The Morgan fingerprint density at radius 2 is 2.00 bits per heavy atom. The third kappa shape index (κ3) is 2.05. The van der Waals surface area contributed by atoms with Crippen LogP contribution in [0.1, 0.15) is 10.4 Å². The predicted molar refractivity (Wildman–Crippen MR) is 66.1 cm³/mol. The summed E-state index contributed by atoms with van der Waals surface area (Å²) in [6, 6.07) is 6.11. The van der Waals surface area contributed by atoms with Crippen LogP contribution in [0.15, 0.2) is 30.5 Å². The second-order valence-corrected chi connectivity index (χ2v) is 4.02. The highest BCUT2D eigenvalue weighted by Crippen LogP contribution is 2.21. The maximum Gasteiger partial charge on any atom is 0.322 e. The Balaban J connectivity index is 2.51. The van der Waals surface area contributed by atoms with Crippen molar-refractivity contribution in [2.24, 2.45) is 11.5 Å². The lowest BCUT2D eigenvalue weighted by Crippen LogP contribution is -2.34. The first-order valence-corrected chi connectivity index (χ1v) is 5.36. The van der Waals surface area contributed by atoms with Gasteiger partial charge in [0.1, 0.15) is 6.04 Å². The molecule has 0 spiro atoms. The maximum absolute atomic E-state index is 11.3. The van der Waals surface area contributed by atoms with Crippen molar-refractivity contribution >= 4 is 22.8 Å². The second-order valence-electron chi connectivity index (χ2n) is 4.02. The van der Waals surface area contributed by atoms with Gasteiger partial charge in [0.25, 0.3) is 5.91 Å². The Morgan fingerprint density at radius 1 is 1.33 bits per heavy atom. The van der Waals surface area contributed by atoms with Gasteiger partial charge in [0.2, 0.25) is 0 Å². The molecule has 0 aliphatic carbocycles. The molecule has 2 aromatic rings. The normalized spacial score (nSPS) is 12.5. The molecule has 1 amide bonds. The molecule has 0 fully saturated rings. The first-order chi connectivity index (χ1) is 8.50. The number of nitrogens with two attached hydrogens (primary N) is 2. The summed E-state index contributed by atoms with van der Waals surface area (Å²) in [7, 11) is 0. The highest BCUT2D eigenvalue weighted by atomic mass is 16.4. The summed E-state index contributed by atoms with van der Waals surface area (Å²) in [6.45, 7) is 0.0864. The first kappa shape index (κ1) is 12.1. The van der Waals surface area contributed by atoms with E-state index in [4.69, 9.17) is 16.6 Å². The number of para-hydroxylation sites is 1. The number of aliphatic carboxylic acids is 1. The van der Waals surface area contributed by atoms with Gasteiger partial charge >= 0.3 is 5.97 Å². The van der Waals surface area contributed by atoms with E-state index in [1.165, 1.54) is 6.20 Å². The molecule has 0 saturated carbocycles. The lowest BCUT2D eigenvalue weighted by molar-refractivity contribution is -0.138. The molecule has 18 heavy (non-hydrogen) atoms. The van der Waals surface area contributed by atoms with Crippen LogP contribution in [0.25, 0.3) is 10.9 Å². The number of aromatic nitrogens is 1. The van der Waals surface area contributed by atoms with E-state index in [2.05, 4.69) is 0 Å². The van der Waals surface area contributed by atoms with Crippen molar-refractivity contribution in [3.05, 3.63) is 36.0 Å². The Bertz CT molecular complexity index is 618. The summed E-state index contributed by atoms with van der Waals surface area (Å²) >= 11 is 0. The van der Waals surface area contributed by atoms with Crippen LogP contribution >= 0.6 is 0 Å². The Morgan fingerprint density at radius 3 is 2.61 bits per heavy atom. The number of carbonyl (C=O) groups is 2. The van der Waals surface area contributed by atoms with E-state index < -0.39 is 17.9 Å². The van der Waals surface area contributed by atoms with Gasteiger partial charge in [-0.15, -0.1) is 0 Å². The average molecular weight is 247 g/mol. The number of rotatable bonds is 4. The maximum atomic E-state index is 11.3. The SMILES string of the molecule is NC(=O)c1cn(CC(N)C(=O)O)c2ccccc12. The van der Waals surface area contributed by atoms with Crippen LogP contribution in [0.2, 0.25) is 0 Å². The summed E-state index contributed by atoms with van der Waals surface area (Å²) in [4.78, 5) is 22.1. The molecule has 1 heterocycles. The summed E-state index contributed by atoms with van der Waals surface area (Å²) in [6.07, 6.45) is 1.54. The van der Waals surface area contributed by atoms with Crippen LogP contribution in [-0.4, -0.2) is 27.6 Å². The van der Waals surface area contributed by atoms with Crippen molar-refractivity contribution in [3.8, 4) is 0 Å². The van der Waals surface area contributed by atoms with Crippen LogP contribution in [0, 0.1) is 0 Å². The number of hydrogen-bond acceptors (Lipinski definition) is 3. The molecule has 0 aliphatic rings.